The molecule has 82 heavy (non-hydrogen) atoms. The highest BCUT2D eigenvalue weighted by atomic mass is 32.1. The van der Waals surface area contributed by atoms with Crippen LogP contribution in [0.1, 0.15) is 16.7 Å². The second-order valence-corrected chi connectivity index (χ2v) is 24.9. The van der Waals surface area contributed by atoms with Gasteiger partial charge in [-0.3, -0.25) is 0 Å². The highest BCUT2D eigenvalue weighted by molar-refractivity contribution is 7.14. The number of fused-ring (bicyclic) bond motifs is 14. The minimum atomic E-state index is 0.708. The minimum Gasteiger partial charge on any atom is -0.192 e. The summed E-state index contributed by atoms with van der Waals surface area (Å²) < 4.78 is 0. The van der Waals surface area contributed by atoms with Crippen LogP contribution in [0.5, 0.6) is 0 Å². The molecule has 0 spiro atoms. The Balaban J connectivity index is 0.912. The molecule has 0 saturated heterocycles. The van der Waals surface area contributed by atoms with E-state index in [-0.39, 0.29) is 0 Å². The maximum absolute atomic E-state index is 10.4. The summed E-state index contributed by atoms with van der Waals surface area (Å²) in [4.78, 5) is 2.71. The molecular formula is C79H41NS2. The zero-order valence-electron chi connectivity index (χ0n) is 44.5. The first-order valence-electron chi connectivity index (χ1n) is 28.4. The molecule has 1 aliphatic carbocycles. The van der Waals surface area contributed by atoms with Crippen LogP contribution in [-0.4, -0.2) is 0 Å². The van der Waals surface area contributed by atoms with Crippen LogP contribution in [0.15, 0.2) is 211 Å². The third-order valence-electron chi connectivity index (χ3n) is 19.4. The highest BCUT2D eigenvalue weighted by Crippen LogP contribution is 2.63. The monoisotopic (exact) mass is 1070 g/mol. The average molecular weight is 1070 g/mol. The predicted octanol–water partition coefficient (Wildman–Crippen LogP) is 23.4. The van der Waals surface area contributed by atoms with Crippen LogP contribution in [0.4, 0.5) is 0 Å². The van der Waals surface area contributed by atoms with Gasteiger partial charge in [-0.05, 0) is 222 Å². The molecule has 3 heteroatoms. The molecule has 0 fully saturated rings. The van der Waals surface area contributed by atoms with Gasteiger partial charge in [-0.2, -0.15) is 5.26 Å². The first kappa shape index (κ1) is 43.9. The van der Waals surface area contributed by atoms with Crippen LogP contribution < -0.4 is 0 Å². The molecule has 17 aromatic carbocycles. The maximum atomic E-state index is 10.4. The number of thiophene rings is 2. The van der Waals surface area contributed by atoms with Crippen molar-refractivity contribution in [2.75, 3.05) is 0 Å². The molecule has 19 aromatic rings. The zero-order valence-corrected chi connectivity index (χ0v) is 46.1. The first-order valence-corrected chi connectivity index (χ1v) is 30.1. The summed E-state index contributed by atoms with van der Waals surface area (Å²) in [7, 11) is 0. The van der Waals surface area contributed by atoms with E-state index < -0.39 is 0 Å². The van der Waals surface area contributed by atoms with Crippen molar-refractivity contribution in [1.29, 1.82) is 5.26 Å². The van der Waals surface area contributed by atoms with Crippen molar-refractivity contribution in [3.05, 3.63) is 228 Å². The van der Waals surface area contributed by atoms with Crippen molar-refractivity contribution in [1.82, 2.24) is 0 Å². The first-order chi connectivity index (χ1) is 40.6. The molecule has 20 rings (SSSR count). The van der Waals surface area contributed by atoms with Crippen molar-refractivity contribution in [3.63, 3.8) is 0 Å². The molecule has 0 N–H and O–H groups in total. The Bertz CT molecular complexity index is 5810. The SMILES string of the molecule is Cc1ccsc1-c1c2c(c(-c3sccc3C)c3ccccc13)-c1ccc3c4ccc5c6ccc7c8c(-c9ccccc9)c9c%10ccc(C#N)c%11cccc(c9c(-c9ccccc9)c8c8ccc(c9ccc(c%12ccc-2c1c%123)c4c95)c6c87)c%11%10. The van der Waals surface area contributed by atoms with Crippen LogP contribution in [0.2, 0.25) is 0 Å². The summed E-state index contributed by atoms with van der Waals surface area (Å²) in [6, 6.07) is 78.7. The number of hydrogen-bond donors (Lipinski definition) is 0. The normalized spacial score (nSPS) is 12.7. The lowest BCUT2D eigenvalue weighted by Gasteiger charge is -2.20. The van der Waals surface area contributed by atoms with E-state index in [4.69, 9.17) is 0 Å². The molecule has 0 aliphatic heterocycles. The Labute approximate surface area is 477 Å². The van der Waals surface area contributed by atoms with Gasteiger partial charge in [-0.25, -0.2) is 0 Å². The average Bonchev–Trinajstić information content (AvgIpc) is 2.09. The summed E-state index contributed by atoms with van der Waals surface area (Å²) in [5, 5.41) is 48.4. The number of aryl methyl sites for hydroxylation is 2. The molecule has 0 unspecified atom stereocenters. The molecule has 0 radical (unpaired) electrons. The largest absolute Gasteiger partial charge is 0.192 e. The number of hydrogen-bond acceptors (Lipinski definition) is 3. The van der Waals surface area contributed by atoms with E-state index in [2.05, 4.69) is 225 Å². The van der Waals surface area contributed by atoms with Crippen LogP contribution in [0.25, 0.3) is 205 Å². The van der Waals surface area contributed by atoms with Gasteiger partial charge in [-0.1, -0.05) is 182 Å². The Morgan fingerprint density at radius 1 is 0.256 bits per heavy atom. The van der Waals surface area contributed by atoms with Gasteiger partial charge in [0.2, 0.25) is 0 Å². The second-order valence-electron chi connectivity index (χ2n) is 23.1. The maximum Gasteiger partial charge on any atom is 0.0998 e. The second kappa shape index (κ2) is 15.3. The number of rotatable bonds is 4. The minimum absolute atomic E-state index is 0.708. The molecular weight excluding hydrogens is 1030 g/mol. The van der Waals surface area contributed by atoms with Gasteiger partial charge in [0.25, 0.3) is 0 Å². The molecule has 0 amide bonds. The Hall–Kier alpha value is -9.95. The van der Waals surface area contributed by atoms with E-state index in [1.165, 1.54) is 211 Å². The van der Waals surface area contributed by atoms with Gasteiger partial charge < -0.3 is 0 Å². The van der Waals surface area contributed by atoms with Gasteiger partial charge in [0.05, 0.1) is 11.6 Å². The molecule has 374 valence electrons. The van der Waals surface area contributed by atoms with Crippen LogP contribution >= 0.6 is 22.7 Å². The summed E-state index contributed by atoms with van der Waals surface area (Å²) >= 11 is 3.74. The van der Waals surface area contributed by atoms with E-state index in [1.807, 2.05) is 28.7 Å². The van der Waals surface area contributed by atoms with E-state index in [0.717, 1.165) is 5.39 Å². The number of nitrogens with zero attached hydrogens (tertiary/aromatic N) is 1. The number of benzene rings is 15. The third-order valence-corrected chi connectivity index (χ3v) is 21.5. The van der Waals surface area contributed by atoms with Gasteiger partial charge >= 0.3 is 0 Å². The summed E-state index contributed by atoms with van der Waals surface area (Å²) in [6.07, 6.45) is 0. The fourth-order valence-corrected chi connectivity index (χ4v) is 18.3. The van der Waals surface area contributed by atoms with E-state index in [1.54, 1.807) is 0 Å². The Kier molecular flexibility index (Phi) is 8.18. The Morgan fingerprint density at radius 3 is 1.02 bits per heavy atom. The van der Waals surface area contributed by atoms with Gasteiger partial charge in [0, 0.05) is 37.4 Å². The highest BCUT2D eigenvalue weighted by Gasteiger charge is 2.35. The predicted molar refractivity (Wildman–Crippen MR) is 355 cm³/mol. The molecule has 2 aromatic heterocycles. The van der Waals surface area contributed by atoms with E-state index in [9.17, 15) is 5.26 Å². The quantitative estimate of drug-likeness (QED) is 0.127. The van der Waals surface area contributed by atoms with Crippen LogP contribution in [0, 0.1) is 25.2 Å². The van der Waals surface area contributed by atoms with E-state index >= 15 is 0 Å². The van der Waals surface area contributed by atoms with Crippen molar-refractivity contribution in [2.45, 2.75) is 13.8 Å². The molecule has 1 nitrogen and oxygen atoms in total. The lowest BCUT2D eigenvalue weighted by atomic mass is 9.83. The van der Waals surface area contributed by atoms with Gasteiger partial charge in [-0.15, -0.1) is 22.7 Å². The topological polar surface area (TPSA) is 23.8 Å². The smallest absolute Gasteiger partial charge is 0.0998 e. The van der Waals surface area contributed by atoms with Crippen molar-refractivity contribution in [2.24, 2.45) is 0 Å². The van der Waals surface area contributed by atoms with Crippen LogP contribution in [0.3, 0.4) is 0 Å². The zero-order chi connectivity index (χ0) is 53.5. The van der Waals surface area contributed by atoms with Crippen LogP contribution in [-0.2, 0) is 0 Å². The van der Waals surface area contributed by atoms with Gasteiger partial charge in [0.1, 0.15) is 0 Å². The lowest BCUT2D eigenvalue weighted by Crippen LogP contribution is -1.93. The number of nitriles is 1. The molecule has 0 bridgehead atoms. The summed E-state index contributed by atoms with van der Waals surface area (Å²) in [5.74, 6) is 0. The van der Waals surface area contributed by atoms with Crippen molar-refractivity contribution in [3.8, 4) is 71.5 Å². The van der Waals surface area contributed by atoms with E-state index in [0.29, 0.717) is 5.56 Å². The van der Waals surface area contributed by atoms with Gasteiger partial charge in [0.15, 0.2) is 0 Å². The Morgan fingerprint density at radius 2 is 0.598 bits per heavy atom. The summed E-state index contributed by atoms with van der Waals surface area (Å²) in [5.41, 5.74) is 16.4. The molecule has 2 heterocycles. The molecule has 0 atom stereocenters. The standard InChI is InChI=1S/C79H41NS2/c1-39-34-36-81-78(39)76-45-16-9-10-17-46(45)77(79-40(2)35-37-82-79)75-60-33-29-54-50-25-23-48-52-27-31-58-68-57(30-26-51(66(52)68)47-22-24-49(65(50)64(47)48)53-28-32-59(74(75)76)69(60)67(53)54)72-61(41-12-5-3-6-13-41)70-55-19-11-18-44-43(38-80)20-21-56(63(44)55)71(70)62(73(58)72)42-14-7-4-8-15-42/h3-37H,1-2H3. The molecule has 0 saturated carbocycles. The molecule has 1 aliphatic rings. The fourth-order valence-electron chi connectivity index (χ4n) is 16.4. The van der Waals surface area contributed by atoms with Crippen molar-refractivity contribution < 1.29 is 0 Å². The lowest BCUT2D eigenvalue weighted by molar-refractivity contribution is 1.51. The third kappa shape index (κ3) is 5.09. The summed E-state index contributed by atoms with van der Waals surface area (Å²) in [6.45, 7) is 4.56. The fraction of sp³-hybridized carbons (Fsp3) is 0.0253. The van der Waals surface area contributed by atoms with Crippen molar-refractivity contribution >= 4 is 163 Å².